The van der Waals surface area contributed by atoms with Gasteiger partial charge < -0.3 is 5.32 Å². The Bertz CT molecular complexity index is 121. The molecule has 50 valence electrons. The molecule has 0 unspecified atom stereocenters. The fourth-order valence-corrected chi connectivity index (χ4v) is 1.16. The van der Waals surface area contributed by atoms with Crippen LogP contribution in [0.15, 0.2) is 5.11 Å². The Kier molecular flexibility index (Phi) is 2.36. The number of hydrogen-bond donors (Lipinski definition) is 1. The summed E-state index contributed by atoms with van der Waals surface area (Å²) < 4.78 is 0. The molecule has 1 saturated heterocycles. The number of hydrogen-bond acceptors (Lipinski definition) is 1. The Morgan fingerprint density at radius 1 is 1.78 bits per heavy atom. The first-order valence-electron chi connectivity index (χ1n) is 3.27. The molecular weight excluding hydrogens is 116 g/mol. The van der Waals surface area contributed by atoms with Crippen molar-refractivity contribution in [2.45, 2.75) is 18.9 Å². The predicted octanol–water partition coefficient (Wildman–Crippen LogP) is 0.0225. The maximum absolute atomic E-state index is 7.97. The van der Waals surface area contributed by atoms with E-state index in [4.69, 9.17) is 5.53 Å². The number of azide groups is 1. The number of nitrogens with zero attached hydrogens (tertiary/aromatic N) is 3. The first kappa shape index (κ1) is 6.39. The molecule has 0 aromatic carbocycles. The summed E-state index contributed by atoms with van der Waals surface area (Å²) in [6, 6.07) is 0.570. The quantitative estimate of drug-likeness (QED) is 0.309. The Balaban J connectivity index is 2.18. The van der Waals surface area contributed by atoms with Crippen molar-refractivity contribution in [3.8, 4) is 0 Å². The lowest BCUT2D eigenvalue weighted by Crippen LogP contribution is -2.87. The molecule has 2 N–H and O–H groups in total. The zero-order valence-electron chi connectivity index (χ0n) is 5.32. The smallest absolute Gasteiger partial charge is 0.0918 e. The average Bonchev–Trinajstić information content (AvgIpc) is 2.34. The molecule has 0 radical (unpaired) electrons. The molecule has 9 heavy (non-hydrogen) atoms. The molecule has 1 aliphatic rings. The van der Waals surface area contributed by atoms with E-state index in [-0.39, 0.29) is 0 Å². The van der Waals surface area contributed by atoms with Gasteiger partial charge in [-0.3, -0.25) is 0 Å². The molecule has 0 bridgehead atoms. The van der Waals surface area contributed by atoms with Crippen molar-refractivity contribution in [3.05, 3.63) is 10.4 Å². The number of quaternary nitrogens is 1. The molecule has 1 heterocycles. The van der Waals surface area contributed by atoms with E-state index in [0.717, 1.165) is 0 Å². The first-order valence-corrected chi connectivity index (χ1v) is 3.27. The van der Waals surface area contributed by atoms with Gasteiger partial charge in [0.05, 0.1) is 19.1 Å². The average molecular weight is 127 g/mol. The minimum absolute atomic E-state index is 0.570. The number of rotatable bonds is 2. The van der Waals surface area contributed by atoms with Gasteiger partial charge in [-0.25, -0.2) is 0 Å². The van der Waals surface area contributed by atoms with Gasteiger partial charge in [-0.1, -0.05) is 5.11 Å². The maximum atomic E-state index is 7.97. The van der Waals surface area contributed by atoms with Crippen LogP contribution in [0.1, 0.15) is 12.8 Å². The predicted molar refractivity (Wildman–Crippen MR) is 33.8 cm³/mol. The second-order valence-corrected chi connectivity index (χ2v) is 2.34. The third-order valence-electron chi connectivity index (χ3n) is 1.66. The van der Waals surface area contributed by atoms with Crippen LogP contribution in [0.2, 0.25) is 0 Å². The van der Waals surface area contributed by atoms with Gasteiger partial charge >= 0.3 is 0 Å². The zero-order chi connectivity index (χ0) is 6.53. The van der Waals surface area contributed by atoms with Crippen molar-refractivity contribution in [2.75, 3.05) is 13.1 Å². The maximum Gasteiger partial charge on any atom is 0.0918 e. The summed E-state index contributed by atoms with van der Waals surface area (Å²) in [6.45, 7) is 1.86. The van der Waals surface area contributed by atoms with Gasteiger partial charge in [-0.15, -0.1) is 0 Å². The van der Waals surface area contributed by atoms with Crippen LogP contribution < -0.4 is 5.32 Å². The Morgan fingerprint density at radius 2 is 2.67 bits per heavy atom. The van der Waals surface area contributed by atoms with Crippen LogP contribution in [0.3, 0.4) is 0 Å². The molecule has 0 aromatic heterocycles. The van der Waals surface area contributed by atoms with Gasteiger partial charge in [0.15, 0.2) is 0 Å². The molecule has 4 nitrogen and oxygen atoms in total. The van der Waals surface area contributed by atoms with E-state index >= 15 is 0 Å². The molecule has 1 atom stereocenters. The molecule has 4 heteroatoms. The van der Waals surface area contributed by atoms with Gasteiger partial charge in [-0.05, 0) is 5.53 Å². The molecular formula is C5H11N4+. The van der Waals surface area contributed by atoms with E-state index < -0.39 is 0 Å². The summed E-state index contributed by atoms with van der Waals surface area (Å²) in [7, 11) is 0. The summed E-state index contributed by atoms with van der Waals surface area (Å²) in [5, 5.41) is 5.75. The molecule has 1 aliphatic heterocycles. The Morgan fingerprint density at radius 3 is 3.22 bits per heavy atom. The Labute approximate surface area is 53.9 Å². The van der Waals surface area contributed by atoms with Gasteiger partial charge in [0, 0.05) is 17.8 Å². The van der Waals surface area contributed by atoms with E-state index in [0.29, 0.717) is 12.6 Å². The van der Waals surface area contributed by atoms with Crippen LogP contribution in [0, 0.1) is 0 Å². The third kappa shape index (κ3) is 1.91. The fourth-order valence-electron chi connectivity index (χ4n) is 1.16. The van der Waals surface area contributed by atoms with Gasteiger partial charge in [-0.2, -0.15) is 0 Å². The van der Waals surface area contributed by atoms with Crippen LogP contribution in [0.25, 0.3) is 10.4 Å². The van der Waals surface area contributed by atoms with Crippen LogP contribution in [0.5, 0.6) is 0 Å². The molecule has 1 rings (SSSR count). The van der Waals surface area contributed by atoms with E-state index in [2.05, 4.69) is 15.3 Å². The molecule has 0 amide bonds. The van der Waals surface area contributed by atoms with E-state index in [1.165, 1.54) is 19.4 Å². The van der Waals surface area contributed by atoms with Gasteiger partial charge in [0.25, 0.3) is 0 Å². The molecule has 0 spiro atoms. The lowest BCUT2D eigenvalue weighted by molar-refractivity contribution is -0.667. The second kappa shape index (κ2) is 3.33. The lowest BCUT2D eigenvalue weighted by Gasteiger charge is -1.98. The van der Waals surface area contributed by atoms with Crippen molar-refractivity contribution in [1.82, 2.24) is 0 Å². The lowest BCUT2D eigenvalue weighted by atomic mass is 10.2. The van der Waals surface area contributed by atoms with E-state index in [9.17, 15) is 0 Å². The molecule has 1 fully saturated rings. The largest absolute Gasteiger partial charge is 0.344 e. The second-order valence-electron chi connectivity index (χ2n) is 2.34. The van der Waals surface area contributed by atoms with E-state index in [1.54, 1.807) is 0 Å². The SMILES string of the molecule is [N-]=[N+]=NC[C@@H]1CCC[NH2+]1. The van der Waals surface area contributed by atoms with Crippen LogP contribution in [-0.2, 0) is 0 Å². The highest BCUT2D eigenvalue weighted by Gasteiger charge is 2.15. The molecule has 0 aliphatic carbocycles. The highest BCUT2D eigenvalue weighted by Crippen LogP contribution is 1.96. The van der Waals surface area contributed by atoms with Crippen molar-refractivity contribution < 1.29 is 5.32 Å². The standard InChI is InChI=1S/C5H10N4/c6-9-8-4-5-2-1-3-7-5/h5,7H,1-4H2/p+1/t5-/m0/s1. The third-order valence-corrected chi connectivity index (χ3v) is 1.66. The summed E-state index contributed by atoms with van der Waals surface area (Å²) in [5.41, 5.74) is 7.97. The highest BCUT2D eigenvalue weighted by molar-refractivity contribution is 4.62. The van der Waals surface area contributed by atoms with Crippen LogP contribution >= 0.6 is 0 Å². The normalized spacial score (nSPS) is 25.6. The van der Waals surface area contributed by atoms with Crippen molar-refractivity contribution in [2.24, 2.45) is 5.11 Å². The molecule has 0 aromatic rings. The minimum atomic E-state index is 0.570. The van der Waals surface area contributed by atoms with Crippen molar-refractivity contribution in [3.63, 3.8) is 0 Å². The monoisotopic (exact) mass is 127 g/mol. The fraction of sp³-hybridized carbons (Fsp3) is 1.00. The van der Waals surface area contributed by atoms with Gasteiger partial charge in [0.2, 0.25) is 0 Å². The van der Waals surface area contributed by atoms with E-state index in [1.807, 2.05) is 0 Å². The van der Waals surface area contributed by atoms with Crippen molar-refractivity contribution in [1.29, 1.82) is 0 Å². The van der Waals surface area contributed by atoms with Crippen LogP contribution in [0.4, 0.5) is 0 Å². The summed E-state index contributed by atoms with van der Waals surface area (Å²) in [4.78, 5) is 2.70. The van der Waals surface area contributed by atoms with Crippen LogP contribution in [-0.4, -0.2) is 19.1 Å². The van der Waals surface area contributed by atoms with Gasteiger partial charge in [0.1, 0.15) is 0 Å². The highest BCUT2D eigenvalue weighted by atomic mass is 15.1. The summed E-state index contributed by atoms with van der Waals surface area (Å²) in [5.74, 6) is 0. The topological polar surface area (TPSA) is 65.4 Å². The first-order chi connectivity index (χ1) is 4.43. The zero-order valence-corrected chi connectivity index (χ0v) is 5.32. The number of nitrogens with two attached hydrogens (primary N) is 1. The Hall–Kier alpha value is -0.730. The molecule has 0 saturated carbocycles. The minimum Gasteiger partial charge on any atom is -0.344 e. The van der Waals surface area contributed by atoms with Crippen molar-refractivity contribution >= 4 is 0 Å². The summed E-state index contributed by atoms with van der Waals surface area (Å²) >= 11 is 0. The summed E-state index contributed by atoms with van der Waals surface area (Å²) in [6.07, 6.45) is 2.48.